The van der Waals surface area contributed by atoms with Gasteiger partial charge in [-0.15, -0.1) is 5.10 Å². The van der Waals surface area contributed by atoms with Gasteiger partial charge in [-0.2, -0.15) is 5.10 Å². The van der Waals surface area contributed by atoms with Crippen LogP contribution in [0.3, 0.4) is 0 Å². The van der Waals surface area contributed by atoms with Gasteiger partial charge >= 0.3 is 0 Å². The van der Waals surface area contributed by atoms with Crippen molar-refractivity contribution in [2.75, 3.05) is 25.6 Å². The zero-order valence-corrected chi connectivity index (χ0v) is 11.4. The van der Waals surface area contributed by atoms with E-state index in [9.17, 15) is 0 Å². The Balaban J connectivity index is 1.53. The van der Waals surface area contributed by atoms with Crippen molar-refractivity contribution in [1.82, 2.24) is 0 Å². The second-order valence-electron chi connectivity index (χ2n) is 3.92. The highest BCUT2D eigenvalue weighted by Gasteiger charge is 2.07. The maximum atomic E-state index is 5.51. The number of nitrogens with zero attached hydrogens (tertiary/aromatic N) is 2. The number of amidine groups is 1. The molecule has 2 rings (SSSR count). The Morgan fingerprint density at radius 1 is 1.11 bits per heavy atom. The van der Waals surface area contributed by atoms with Gasteiger partial charge in [-0.05, 0) is 12.1 Å². The van der Waals surface area contributed by atoms with Gasteiger partial charge in [-0.3, -0.25) is 0 Å². The third-order valence-corrected chi connectivity index (χ3v) is 3.31. The SMILES string of the molecule is NC1=NN=C(CCOCCOc2ccccc2)CS1. The van der Waals surface area contributed by atoms with Gasteiger partial charge in [-0.1, -0.05) is 30.0 Å². The number of nitrogens with two attached hydrogens (primary N) is 1. The van der Waals surface area contributed by atoms with Gasteiger partial charge in [0, 0.05) is 12.2 Å². The molecule has 1 aromatic rings. The van der Waals surface area contributed by atoms with Gasteiger partial charge in [0.15, 0.2) is 5.17 Å². The molecule has 0 aromatic heterocycles. The summed E-state index contributed by atoms with van der Waals surface area (Å²) in [6, 6.07) is 9.71. The van der Waals surface area contributed by atoms with Crippen molar-refractivity contribution in [2.24, 2.45) is 15.9 Å². The van der Waals surface area contributed by atoms with Gasteiger partial charge in [0.25, 0.3) is 0 Å². The summed E-state index contributed by atoms with van der Waals surface area (Å²) in [5.74, 6) is 1.67. The highest BCUT2D eigenvalue weighted by molar-refractivity contribution is 8.14. The van der Waals surface area contributed by atoms with E-state index in [0.29, 0.717) is 25.0 Å². The van der Waals surface area contributed by atoms with E-state index in [0.717, 1.165) is 23.6 Å². The van der Waals surface area contributed by atoms with E-state index in [2.05, 4.69) is 10.2 Å². The molecule has 0 saturated heterocycles. The summed E-state index contributed by atoms with van der Waals surface area (Å²) in [4.78, 5) is 0. The molecule has 1 aliphatic rings. The van der Waals surface area contributed by atoms with Crippen LogP contribution in [-0.2, 0) is 4.74 Å². The first-order valence-electron chi connectivity index (χ1n) is 6.12. The third-order valence-electron chi connectivity index (χ3n) is 2.45. The lowest BCUT2D eigenvalue weighted by atomic mass is 10.3. The van der Waals surface area contributed by atoms with E-state index >= 15 is 0 Å². The molecule has 0 saturated carbocycles. The molecule has 0 spiro atoms. The molecule has 1 aliphatic heterocycles. The Kier molecular flexibility index (Phi) is 5.71. The second kappa shape index (κ2) is 7.81. The summed E-state index contributed by atoms with van der Waals surface area (Å²) in [5, 5.41) is 8.38. The molecule has 5 nitrogen and oxygen atoms in total. The molecule has 0 atom stereocenters. The van der Waals surface area contributed by atoms with Crippen molar-refractivity contribution in [1.29, 1.82) is 0 Å². The normalized spacial score (nSPS) is 14.7. The zero-order valence-electron chi connectivity index (χ0n) is 10.6. The number of para-hydroxylation sites is 1. The number of thioether (sulfide) groups is 1. The van der Waals surface area contributed by atoms with Gasteiger partial charge in [-0.25, -0.2) is 0 Å². The zero-order chi connectivity index (χ0) is 13.3. The lowest BCUT2D eigenvalue weighted by Gasteiger charge is -2.09. The number of benzene rings is 1. The van der Waals surface area contributed by atoms with Gasteiger partial charge in [0.05, 0.1) is 18.9 Å². The molecule has 1 aromatic carbocycles. The third kappa shape index (κ3) is 5.32. The minimum atomic E-state index is 0.529. The molecule has 0 amide bonds. The van der Waals surface area contributed by atoms with Gasteiger partial charge in [0.2, 0.25) is 0 Å². The molecule has 19 heavy (non-hydrogen) atoms. The first-order chi connectivity index (χ1) is 9.34. The van der Waals surface area contributed by atoms with Crippen LogP contribution in [0.25, 0.3) is 0 Å². The highest BCUT2D eigenvalue weighted by atomic mass is 32.2. The van der Waals surface area contributed by atoms with Crippen molar-refractivity contribution < 1.29 is 9.47 Å². The fraction of sp³-hybridized carbons (Fsp3) is 0.385. The minimum absolute atomic E-state index is 0.529. The Bertz CT molecular complexity index is 448. The molecule has 0 bridgehead atoms. The average Bonchev–Trinajstić information content (AvgIpc) is 2.46. The quantitative estimate of drug-likeness (QED) is 0.774. The maximum Gasteiger partial charge on any atom is 0.180 e. The average molecular weight is 279 g/mol. The topological polar surface area (TPSA) is 69.2 Å². The number of ether oxygens (including phenoxy) is 2. The van der Waals surface area contributed by atoms with Crippen LogP contribution in [0.4, 0.5) is 0 Å². The molecule has 1 heterocycles. The van der Waals surface area contributed by atoms with Crippen LogP contribution >= 0.6 is 11.8 Å². The lowest BCUT2D eigenvalue weighted by molar-refractivity contribution is 0.105. The van der Waals surface area contributed by atoms with E-state index in [1.54, 1.807) is 0 Å². The van der Waals surface area contributed by atoms with Crippen LogP contribution < -0.4 is 10.5 Å². The summed E-state index contributed by atoms with van der Waals surface area (Å²) in [6.45, 7) is 1.75. The van der Waals surface area contributed by atoms with Gasteiger partial charge < -0.3 is 15.2 Å². The maximum absolute atomic E-state index is 5.51. The van der Waals surface area contributed by atoms with Crippen molar-refractivity contribution in [3.05, 3.63) is 30.3 Å². The molecule has 0 radical (unpaired) electrons. The molecular formula is C13H17N3O2S. The fourth-order valence-electron chi connectivity index (χ4n) is 1.48. The number of hydrogen-bond acceptors (Lipinski definition) is 6. The number of hydrogen-bond donors (Lipinski definition) is 1. The van der Waals surface area contributed by atoms with Crippen LogP contribution in [0.1, 0.15) is 6.42 Å². The van der Waals surface area contributed by atoms with E-state index in [-0.39, 0.29) is 0 Å². The van der Waals surface area contributed by atoms with Crippen LogP contribution in [0.5, 0.6) is 5.75 Å². The number of rotatable bonds is 7. The molecule has 2 N–H and O–H groups in total. The van der Waals surface area contributed by atoms with Crippen LogP contribution in [0.15, 0.2) is 40.5 Å². The van der Waals surface area contributed by atoms with Gasteiger partial charge in [0.1, 0.15) is 12.4 Å². The summed E-state index contributed by atoms with van der Waals surface area (Å²) >= 11 is 1.51. The standard InChI is InChI=1S/C13H17N3O2S/c14-13-16-15-11(10-19-13)6-7-17-8-9-18-12-4-2-1-3-5-12/h1-5H,6-10H2,(H2,14,16). The Labute approximate surface area is 116 Å². The van der Waals surface area contributed by atoms with Crippen LogP contribution in [0.2, 0.25) is 0 Å². The van der Waals surface area contributed by atoms with E-state index < -0.39 is 0 Å². The lowest BCUT2D eigenvalue weighted by Crippen LogP contribution is -2.17. The summed E-state index contributed by atoms with van der Waals surface area (Å²) < 4.78 is 11.0. The van der Waals surface area contributed by atoms with E-state index in [1.807, 2.05) is 30.3 Å². The summed E-state index contributed by atoms with van der Waals surface area (Å²) in [7, 11) is 0. The Morgan fingerprint density at radius 3 is 2.68 bits per heavy atom. The first kappa shape index (κ1) is 13.9. The Morgan fingerprint density at radius 2 is 1.95 bits per heavy atom. The predicted molar refractivity (Wildman–Crippen MR) is 78.9 cm³/mol. The smallest absolute Gasteiger partial charge is 0.180 e. The van der Waals surface area contributed by atoms with E-state index in [1.165, 1.54) is 11.8 Å². The second-order valence-corrected chi connectivity index (χ2v) is 4.91. The largest absolute Gasteiger partial charge is 0.491 e. The molecule has 0 aliphatic carbocycles. The van der Waals surface area contributed by atoms with Crippen molar-refractivity contribution in [3.63, 3.8) is 0 Å². The van der Waals surface area contributed by atoms with Crippen molar-refractivity contribution in [2.45, 2.75) is 6.42 Å². The van der Waals surface area contributed by atoms with Crippen LogP contribution in [-0.4, -0.2) is 36.5 Å². The highest BCUT2D eigenvalue weighted by Crippen LogP contribution is 2.09. The van der Waals surface area contributed by atoms with Crippen LogP contribution in [0, 0.1) is 0 Å². The summed E-state index contributed by atoms with van der Waals surface area (Å²) in [5.41, 5.74) is 6.52. The minimum Gasteiger partial charge on any atom is -0.491 e. The molecule has 6 heteroatoms. The predicted octanol–water partition coefficient (Wildman–Crippen LogP) is 1.89. The molecular weight excluding hydrogens is 262 g/mol. The Hall–Kier alpha value is -1.53. The summed E-state index contributed by atoms with van der Waals surface area (Å²) in [6.07, 6.45) is 0.787. The fourth-order valence-corrected chi connectivity index (χ4v) is 2.10. The molecule has 102 valence electrons. The van der Waals surface area contributed by atoms with Crippen molar-refractivity contribution in [3.8, 4) is 5.75 Å². The van der Waals surface area contributed by atoms with E-state index in [4.69, 9.17) is 15.2 Å². The molecule has 0 unspecified atom stereocenters. The molecule has 0 fully saturated rings. The first-order valence-corrected chi connectivity index (χ1v) is 7.10. The monoisotopic (exact) mass is 279 g/mol. The van der Waals surface area contributed by atoms with Crippen molar-refractivity contribution >= 4 is 22.6 Å².